The second-order valence-electron chi connectivity index (χ2n) is 7.47. The lowest BCUT2D eigenvalue weighted by molar-refractivity contribution is -0.152. The maximum absolute atomic E-state index is 13.1. The van der Waals surface area contributed by atoms with Gasteiger partial charge in [0.05, 0.1) is 4.90 Å². The van der Waals surface area contributed by atoms with E-state index in [4.69, 9.17) is 4.74 Å². The highest BCUT2D eigenvalue weighted by Crippen LogP contribution is 2.26. The minimum absolute atomic E-state index is 0.0382. The maximum Gasteiger partial charge on any atom is 0.324 e. The monoisotopic (exact) mass is 467 g/mol. The summed E-state index contributed by atoms with van der Waals surface area (Å²) in [4.78, 5) is 47.4. The van der Waals surface area contributed by atoms with Crippen molar-refractivity contribution in [1.82, 2.24) is 14.9 Å². The summed E-state index contributed by atoms with van der Waals surface area (Å²) in [6, 6.07) is 3.73. The van der Waals surface area contributed by atoms with Gasteiger partial charge in [0.1, 0.15) is 6.04 Å². The van der Waals surface area contributed by atoms with Gasteiger partial charge >= 0.3 is 12.0 Å². The molecule has 1 aromatic carbocycles. The summed E-state index contributed by atoms with van der Waals surface area (Å²) in [7, 11) is -4.01. The number of nitrogens with zero attached hydrogens (tertiary/aromatic N) is 1. The number of urea groups is 1. The first kappa shape index (κ1) is 25.5. The fourth-order valence-corrected chi connectivity index (χ4v) is 4.89. The normalized spacial score (nSPS) is 16.8. The molecule has 1 aromatic rings. The second kappa shape index (κ2) is 11.7. The lowest BCUT2D eigenvalue weighted by Crippen LogP contribution is -2.49. The molecule has 11 heteroatoms. The van der Waals surface area contributed by atoms with E-state index in [9.17, 15) is 27.6 Å². The number of ketones is 1. The molecule has 1 heterocycles. The first-order valence-corrected chi connectivity index (χ1v) is 12.0. The minimum atomic E-state index is -4.01. The van der Waals surface area contributed by atoms with Crippen LogP contribution in [0.15, 0.2) is 29.2 Å². The Morgan fingerprint density at radius 1 is 1.12 bits per heavy atom. The first-order chi connectivity index (χ1) is 15.2. The van der Waals surface area contributed by atoms with Crippen LogP contribution < -0.4 is 10.6 Å². The number of carbonyl (C=O) groups is 4. The fraction of sp³-hybridized carbons (Fsp3) is 0.524. The Bertz CT molecular complexity index is 945. The van der Waals surface area contributed by atoms with Crippen LogP contribution in [0.2, 0.25) is 0 Å². The van der Waals surface area contributed by atoms with E-state index in [-0.39, 0.29) is 23.6 Å². The highest BCUT2D eigenvalue weighted by Gasteiger charge is 2.38. The van der Waals surface area contributed by atoms with Gasteiger partial charge in [-0.3, -0.25) is 19.7 Å². The molecule has 1 aliphatic rings. The van der Waals surface area contributed by atoms with Crippen LogP contribution in [0, 0.1) is 0 Å². The van der Waals surface area contributed by atoms with Gasteiger partial charge in [-0.2, -0.15) is 4.31 Å². The third-order valence-corrected chi connectivity index (χ3v) is 6.93. The van der Waals surface area contributed by atoms with Crippen LogP contribution in [-0.2, 0) is 24.3 Å². The summed E-state index contributed by atoms with van der Waals surface area (Å²) in [5.74, 6) is -1.85. The summed E-state index contributed by atoms with van der Waals surface area (Å²) in [6.07, 6.45) is 3.10. The Morgan fingerprint density at radius 2 is 1.81 bits per heavy atom. The van der Waals surface area contributed by atoms with Gasteiger partial charge in [0.2, 0.25) is 10.0 Å². The molecule has 10 nitrogen and oxygen atoms in total. The number of imide groups is 1. The highest BCUT2D eigenvalue weighted by molar-refractivity contribution is 7.89. The summed E-state index contributed by atoms with van der Waals surface area (Å²) in [5.41, 5.74) is 0.378. The average molecular weight is 468 g/mol. The van der Waals surface area contributed by atoms with Crippen LogP contribution in [0.5, 0.6) is 0 Å². The lowest BCUT2D eigenvalue weighted by atomic mass is 10.1. The van der Waals surface area contributed by atoms with E-state index in [0.717, 1.165) is 17.1 Å². The number of ether oxygens (including phenoxy) is 1. The number of Topliss-reactive ketones (excluding diaryl/α,β-unsaturated/α-hetero) is 1. The van der Waals surface area contributed by atoms with Crippen LogP contribution in [0.1, 0.15) is 56.3 Å². The predicted octanol–water partition coefficient (Wildman–Crippen LogP) is 1.60. The van der Waals surface area contributed by atoms with Gasteiger partial charge in [0.25, 0.3) is 5.91 Å². The van der Waals surface area contributed by atoms with Gasteiger partial charge in [0.15, 0.2) is 12.4 Å². The van der Waals surface area contributed by atoms with Crippen LogP contribution >= 0.6 is 0 Å². The molecule has 0 aliphatic carbocycles. The standard InChI is InChI=1S/C21H29N3O7S/c1-3-4-12-22-21(28)23-19(26)14-31-20(27)18-7-5-6-13-24(18)32(29,30)17-10-8-16(9-11-17)15(2)25/h8-11,18H,3-7,12-14H2,1-2H3,(H2,22,23,26,28). The van der Waals surface area contributed by atoms with Crippen molar-refractivity contribution in [3.8, 4) is 0 Å². The Morgan fingerprint density at radius 3 is 2.44 bits per heavy atom. The van der Waals surface area contributed by atoms with Crippen LogP contribution in [-0.4, -0.2) is 62.2 Å². The molecule has 0 saturated carbocycles. The molecule has 1 saturated heterocycles. The topological polar surface area (TPSA) is 139 Å². The molecule has 0 radical (unpaired) electrons. The molecule has 1 aliphatic heterocycles. The summed E-state index contributed by atoms with van der Waals surface area (Å²) in [5, 5.41) is 4.55. The molecule has 1 unspecified atom stereocenters. The number of rotatable bonds is 9. The maximum atomic E-state index is 13.1. The number of nitrogens with one attached hydrogen (secondary N) is 2. The number of carbonyl (C=O) groups excluding carboxylic acids is 4. The van der Waals surface area contributed by atoms with Gasteiger partial charge in [-0.15, -0.1) is 0 Å². The quantitative estimate of drug-likeness (QED) is 0.319. The Labute approximate surface area is 187 Å². The Hall–Kier alpha value is -2.79. The molecule has 176 valence electrons. The lowest BCUT2D eigenvalue weighted by Gasteiger charge is -2.33. The van der Waals surface area contributed by atoms with Crippen LogP contribution in [0.3, 0.4) is 0 Å². The number of amides is 3. The van der Waals surface area contributed by atoms with E-state index in [1.54, 1.807) is 0 Å². The molecule has 0 spiro atoms. The number of sulfonamides is 1. The number of hydrogen-bond donors (Lipinski definition) is 2. The number of esters is 1. The smallest absolute Gasteiger partial charge is 0.324 e. The van der Waals surface area contributed by atoms with Crippen molar-refractivity contribution in [2.24, 2.45) is 0 Å². The number of benzene rings is 1. The number of unbranched alkanes of at least 4 members (excludes halogenated alkanes) is 1. The zero-order chi connectivity index (χ0) is 23.7. The van der Waals surface area contributed by atoms with E-state index in [2.05, 4.69) is 10.6 Å². The van der Waals surface area contributed by atoms with Crippen LogP contribution in [0.25, 0.3) is 0 Å². The number of hydrogen-bond acceptors (Lipinski definition) is 7. The van der Waals surface area contributed by atoms with E-state index >= 15 is 0 Å². The Balaban J connectivity index is 2.01. The van der Waals surface area contributed by atoms with Crippen molar-refractivity contribution in [2.75, 3.05) is 19.7 Å². The van der Waals surface area contributed by atoms with Crippen molar-refractivity contribution in [1.29, 1.82) is 0 Å². The zero-order valence-corrected chi connectivity index (χ0v) is 19.1. The molecule has 0 bridgehead atoms. The van der Waals surface area contributed by atoms with Gasteiger partial charge in [0, 0.05) is 18.7 Å². The SMILES string of the molecule is CCCCNC(=O)NC(=O)COC(=O)C1CCCCN1S(=O)(=O)c1ccc(C(C)=O)cc1. The first-order valence-electron chi connectivity index (χ1n) is 10.5. The van der Waals surface area contributed by atoms with Gasteiger partial charge in [-0.05, 0) is 44.7 Å². The molecule has 32 heavy (non-hydrogen) atoms. The molecule has 3 amide bonds. The average Bonchev–Trinajstić information content (AvgIpc) is 2.77. The highest BCUT2D eigenvalue weighted by atomic mass is 32.2. The van der Waals surface area contributed by atoms with Gasteiger partial charge < -0.3 is 10.1 Å². The van der Waals surface area contributed by atoms with E-state index in [1.165, 1.54) is 31.2 Å². The Kier molecular flexibility index (Phi) is 9.33. The second-order valence-corrected chi connectivity index (χ2v) is 9.36. The fourth-order valence-electron chi connectivity index (χ4n) is 3.24. The van der Waals surface area contributed by atoms with E-state index in [0.29, 0.717) is 24.9 Å². The summed E-state index contributed by atoms with van der Waals surface area (Å²) < 4.78 is 32.3. The molecule has 0 aromatic heterocycles. The molecule has 1 atom stereocenters. The van der Waals surface area contributed by atoms with E-state index < -0.39 is 40.6 Å². The zero-order valence-electron chi connectivity index (χ0n) is 18.3. The van der Waals surface area contributed by atoms with Crippen molar-refractivity contribution in [3.05, 3.63) is 29.8 Å². The third kappa shape index (κ3) is 6.86. The molecular formula is C21H29N3O7S. The minimum Gasteiger partial charge on any atom is -0.454 e. The largest absolute Gasteiger partial charge is 0.454 e. The molecule has 2 N–H and O–H groups in total. The summed E-state index contributed by atoms with van der Waals surface area (Å²) >= 11 is 0. The number of piperidine rings is 1. The van der Waals surface area contributed by atoms with E-state index in [1.807, 2.05) is 6.92 Å². The van der Waals surface area contributed by atoms with Crippen molar-refractivity contribution in [3.63, 3.8) is 0 Å². The molecule has 1 fully saturated rings. The van der Waals surface area contributed by atoms with Gasteiger partial charge in [-0.1, -0.05) is 25.5 Å². The van der Waals surface area contributed by atoms with Crippen LogP contribution in [0.4, 0.5) is 4.79 Å². The van der Waals surface area contributed by atoms with Crippen molar-refractivity contribution < 1.29 is 32.3 Å². The molecular weight excluding hydrogens is 438 g/mol. The van der Waals surface area contributed by atoms with Crippen molar-refractivity contribution >= 4 is 33.7 Å². The molecule has 2 rings (SSSR count). The van der Waals surface area contributed by atoms with Gasteiger partial charge in [-0.25, -0.2) is 13.2 Å². The summed E-state index contributed by atoms with van der Waals surface area (Å²) in [6.45, 7) is 3.18. The van der Waals surface area contributed by atoms with Crippen molar-refractivity contribution in [2.45, 2.75) is 56.9 Å². The predicted molar refractivity (Wildman–Crippen MR) is 115 cm³/mol. The third-order valence-electron chi connectivity index (χ3n) is 5.01.